The molecule has 0 amide bonds. The standard InChI is InChI=1S/C18H23NO/c1-18(2,3)16-8-6-5-7-15(16)17(19)13-9-11-14(20-4)12-10-13/h5-12,17H,19H2,1-4H3. The second kappa shape index (κ2) is 5.68. The topological polar surface area (TPSA) is 35.2 Å². The monoisotopic (exact) mass is 269 g/mol. The zero-order chi connectivity index (χ0) is 14.8. The van der Waals surface area contributed by atoms with Gasteiger partial charge >= 0.3 is 0 Å². The van der Waals surface area contributed by atoms with Crippen molar-refractivity contribution in [3.8, 4) is 5.75 Å². The van der Waals surface area contributed by atoms with E-state index < -0.39 is 0 Å². The molecule has 106 valence electrons. The second-order valence-corrected chi connectivity index (χ2v) is 6.09. The summed E-state index contributed by atoms with van der Waals surface area (Å²) in [7, 11) is 1.67. The van der Waals surface area contributed by atoms with E-state index in [-0.39, 0.29) is 11.5 Å². The molecule has 0 aromatic heterocycles. The van der Waals surface area contributed by atoms with Crippen LogP contribution in [0.15, 0.2) is 48.5 Å². The average molecular weight is 269 g/mol. The van der Waals surface area contributed by atoms with Crippen molar-refractivity contribution in [1.82, 2.24) is 0 Å². The molecule has 2 N–H and O–H groups in total. The van der Waals surface area contributed by atoms with E-state index in [0.717, 1.165) is 11.3 Å². The van der Waals surface area contributed by atoms with Gasteiger partial charge in [-0.2, -0.15) is 0 Å². The van der Waals surface area contributed by atoms with Gasteiger partial charge in [-0.3, -0.25) is 0 Å². The zero-order valence-electron chi connectivity index (χ0n) is 12.7. The molecule has 20 heavy (non-hydrogen) atoms. The number of ether oxygens (including phenoxy) is 1. The van der Waals surface area contributed by atoms with Gasteiger partial charge in [0.1, 0.15) is 5.75 Å². The third-order valence-corrected chi connectivity index (χ3v) is 3.58. The fourth-order valence-corrected chi connectivity index (χ4v) is 2.44. The molecule has 0 aliphatic carbocycles. The number of benzene rings is 2. The van der Waals surface area contributed by atoms with Crippen molar-refractivity contribution in [2.45, 2.75) is 32.2 Å². The van der Waals surface area contributed by atoms with Crippen molar-refractivity contribution in [3.05, 3.63) is 65.2 Å². The molecule has 0 aliphatic heterocycles. The predicted octanol–water partition coefficient (Wildman–Crippen LogP) is 4.04. The summed E-state index contributed by atoms with van der Waals surface area (Å²) in [6, 6.07) is 16.3. The van der Waals surface area contributed by atoms with E-state index in [2.05, 4.69) is 39.0 Å². The Labute approximate surface area is 121 Å². The smallest absolute Gasteiger partial charge is 0.118 e. The predicted molar refractivity (Wildman–Crippen MR) is 84.2 cm³/mol. The van der Waals surface area contributed by atoms with Crippen molar-refractivity contribution in [1.29, 1.82) is 0 Å². The SMILES string of the molecule is COc1ccc(C(N)c2ccccc2C(C)(C)C)cc1. The first-order valence-electron chi connectivity index (χ1n) is 6.92. The second-order valence-electron chi connectivity index (χ2n) is 6.09. The van der Waals surface area contributed by atoms with Crippen LogP contribution < -0.4 is 10.5 Å². The van der Waals surface area contributed by atoms with E-state index in [0.29, 0.717) is 0 Å². The van der Waals surface area contributed by atoms with Crippen LogP contribution in [0.1, 0.15) is 43.5 Å². The van der Waals surface area contributed by atoms with E-state index in [4.69, 9.17) is 10.5 Å². The van der Waals surface area contributed by atoms with Gasteiger partial charge in [0.25, 0.3) is 0 Å². The quantitative estimate of drug-likeness (QED) is 0.912. The number of nitrogens with two attached hydrogens (primary N) is 1. The Bertz CT molecular complexity index is 567. The number of hydrogen-bond acceptors (Lipinski definition) is 2. The molecule has 0 aliphatic rings. The largest absolute Gasteiger partial charge is 0.497 e. The van der Waals surface area contributed by atoms with Crippen molar-refractivity contribution in [3.63, 3.8) is 0 Å². The molecule has 0 bridgehead atoms. The summed E-state index contributed by atoms with van der Waals surface area (Å²) < 4.78 is 5.19. The molecule has 1 unspecified atom stereocenters. The van der Waals surface area contributed by atoms with Crippen LogP contribution in [0.3, 0.4) is 0 Å². The van der Waals surface area contributed by atoms with Gasteiger partial charge in [-0.1, -0.05) is 57.2 Å². The van der Waals surface area contributed by atoms with E-state index >= 15 is 0 Å². The van der Waals surface area contributed by atoms with Gasteiger partial charge in [-0.05, 0) is 34.2 Å². The summed E-state index contributed by atoms with van der Waals surface area (Å²) in [6.07, 6.45) is 0. The first-order valence-corrected chi connectivity index (χ1v) is 6.92. The Morgan fingerprint density at radius 2 is 1.55 bits per heavy atom. The maximum Gasteiger partial charge on any atom is 0.118 e. The third-order valence-electron chi connectivity index (χ3n) is 3.58. The maximum absolute atomic E-state index is 6.46. The van der Waals surface area contributed by atoms with Crippen LogP contribution >= 0.6 is 0 Å². The van der Waals surface area contributed by atoms with Crippen LogP contribution in [0.2, 0.25) is 0 Å². The maximum atomic E-state index is 6.46. The molecule has 1 atom stereocenters. The Balaban J connectivity index is 2.40. The van der Waals surface area contributed by atoms with Gasteiger partial charge in [-0.25, -0.2) is 0 Å². The van der Waals surface area contributed by atoms with Crippen LogP contribution in [0.5, 0.6) is 5.75 Å². The molecular formula is C18H23NO. The van der Waals surface area contributed by atoms with Crippen molar-refractivity contribution in [2.75, 3.05) is 7.11 Å². The molecule has 2 aromatic rings. The van der Waals surface area contributed by atoms with Crippen LogP contribution in [-0.4, -0.2) is 7.11 Å². The molecule has 0 radical (unpaired) electrons. The van der Waals surface area contributed by atoms with E-state index in [1.807, 2.05) is 30.3 Å². The minimum Gasteiger partial charge on any atom is -0.497 e. The molecule has 2 aromatic carbocycles. The lowest BCUT2D eigenvalue weighted by atomic mass is 9.81. The lowest BCUT2D eigenvalue weighted by Crippen LogP contribution is -2.20. The highest BCUT2D eigenvalue weighted by atomic mass is 16.5. The van der Waals surface area contributed by atoms with E-state index in [1.165, 1.54) is 11.1 Å². The van der Waals surface area contributed by atoms with E-state index in [9.17, 15) is 0 Å². The Morgan fingerprint density at radius 3 is 2.10 bits per heavy atom. The molecule has 0 spiro atoms. The highest BCUT2D eigenvalue weighted by Crippen LogP contribution is 2.31. The Morgan fingerprint density at radius 1 is 0.950 bits per heavy atom. The first kappa shape index (κ1) is 14.6. The van der Waals surface area contributed by atoms with E-state index in [1.54, 1.807) is 7.11 Å². The zero-order valence-corrected chi connectivity index (χ0v) is 12.7. The number of methoxy groups -OCH3 is 1. The molecule has 0 heterocycles. The van der Waals surface area contributed by atoms with Gasteiger partial charge in [-0.15, -0.1) is 0 Å². The summed E-state index contributed by atoms with van der Waals surface area (Å²) >= 11 is 0. The fourth-order valence-electron chi connectivity index (χ4n) is 2.44. The molecule has 2 heteroatoms. The fraction of sp³-hybridized carbons (Fsp3) is 0.333. The highest BCUT2D eigenvalue weighted by Gasteiger charge is 2.21. The van der Waals surface area contributed by atoms with Crippen LogP contribution in [0, 0.1) is 0 Å². The molecular weight excluding hydrogens is 246 g/mol. The van der Waals surface area contributed by atoms with Gasteiger partial charge in [0.2, 0.25) is 0 Å². The number of hydrogen-bond donors (Lipinski definition) is 1. The van der Waals surface area contributed by atoms with Crippen molar-refractivity contribution < 1.29 is 4.74 Å². The minimum atomic E-state index is -0.115. The molecule has 0 fully saturated rings. The van der Waals surface area contributed by atoms with Gasteiger partial charge in [0, 0.05) is 0 Å². The summed E-state index contributed by atoms with van der Waals surface area (Å²) in [5, 5.41) is 0. The summed E-state index contributed by atoms with van der Waals surface area (Å²) in [4.78, 5) is 0. The molecule has 2 rings (SSSR count). The molecule has 0 saturated carbocycles. The van der Waals surface area contributed by atoms with Gasteiger partial charge in [0.15, 0.2) is 0 Å². The Hall–Kier alpha value is -1.80. The van der Waals surface area contributed by atoms with Gasteiger partial charge < -0.3 is 10.5 Å². The summed E-state index contributed by atoms with van der Waals surface area (Å²) in [5.41, 5.74) is 10.1. The lowest BCUT2D eigenvalue weighted by Gasteiger charge is -2.26. The van der Waals surface area contributed by atoms with Crippen LogP contribution in [0.25, 0.3) is 0 Å². The highest BCUT2D eigenvalue weighted by molar-refractivity contribution is 5.41. The molecule has 0 saturated heterocycles. The minimum absolute atomic E-state index is 0.0840. The Kier molecular flexibility index (Phi) is 4.15. The average Bonchev–Trinajstić information content (AvgIpc) is 2.46. The first-order chi connectivity index (χ1) is 9.43. The van der Waals surface area contributed by atoms with Gasteiger partial charge in [0.05, 0.1) is 13.2 Å². The summed E-state index contributed by atoms with van der Waals surface area (Å²) in [6.45, 7) is 6.64. The number of rotatable bonds is 3. The normalized spacial score (nSPS) is 13.1. The summed E-state index contributed by atoms with van der Waals surface area (Å²) in [5.74, 6) is 0.852. The lowest BCUT2D eigenvalue weighted by molar-refractivity contribution is 0.414. The van der Waals surface area contributed by atoms with Crippen molar-refractivity contribution in [2.24, 2.45) is 5.73 Å². The van der Waals surface area contributed by atoms with Crippen molar-refractivity contribution >= 4 is 0 Å². The molecule has 2 nitrogen and oxygen atoms in total. The third kappa shape index (κ3) is 3.02. The van der Waals surface area contributed by atoms with Crippen LogP contribution in [-0.2, 0) is 5.41 Å². The van der Waals surface area contributed by atoms with Crippen LogP contribution in [0.4, 0.5) is 0 Å².